The van der Waals surface area contributed by atoms with Crippen molar-refractivity contribution < 1.29 is 14.2 Å². The number of nitrogens with zero attached hydrogens (tertiary/aromatic N) is 3. The van der Waals surface area contributed by atoms with Crippen LogP contribution in [-0.2, 0) is 20.8 Å². The van der Waals surface area contributed by atoms with Crippen LogP contribution in [0.1, 0.15) is 43.8 Å². The number of fused-ring (bicyclic) bond motifs is 1. The first-order valence-corrected chi connectivity index (χ1v) is 9.21. The Balaban J connectivity index is 1.32. The van der Waals surface area contributed by atoms with Gasteiger partial charge in [0.25, 0.3) is 0 Å². The minimum absolute atomic E-state index is 0.0611. The SMILES string of the molecule is COCc1cn(C2COC3C(NCC4CCCCC4)COC32)nn1. The first-order valence-electron chi connectivity index (χ1n) is 9.21. The average Bonchev–Trinajstić information content (AvgIpc) is 3.31. The maximum atomic E-state index is 6.06. The highest BCUT2D eigenvalue weighted by Gasteiger charge is 2.48. The topological polar surface area (TPSA) is 70.4 Å². The molecule has 1 aromatic rings. The van der Waals surface area contributed by atoms with Gasteiger partial charge in [0.05, 0.1) is 32.1 Å². The second-order valence-electron chi connectivity index (χ2n) is 7.30. The van der Waals surface area contributed by atoms with Crippen LogP contribution >= 0.6 is 0 Å². The van der Waals surface area contributed by atoms with E-state index >= 15 is 0 Å². The van der Waals surface area contributed by atoms with E-state index < -0.39 is 0 Å². The molecule has 134 valence electrons. The summed E-state index contributed by atoms with van der Waals surface area (Å²) in [4.78, 5) is 0. The molecule has 7 heteroatoms. The Morgan fingerprint density at radius 1 is 1.21 bits per heavy atom. The van der Waals surface area contributed by atoms with Gasteiger partial charge in [-0.15, -0.1) is 5.10 Å². The van der Waals surface area contributed by atoms with Crippen LogP contribution < -0.4 is 5.32 Å². The van der Waals surface area contributed by atoms with E-state index in [9.17, 15) is 0 Å². The fourth-order valence-corrected chi connectivity index (χ4v) is 4.28. The maximum absolute atomic E-state index is 6.06. The third-order valence-corrected chi connectivity index (χ3v) is 5.61. The number of rotatable bonds is 6. The Morgan fingerprint density at radius 3 is 2.88 bits per heavy atom. The van der Waals surface area contributed by atoms with Gasteiger partial charge in [0.2, 0.25) is 0 Å². The van der Waals surface area contributed by atoms with Crippen LogP contribution in [0.5, 0.6) is 0 Å². The van der Waals surface area contributed by atoms with Crippen LogP contribution in [-0.4, -0.2) is 60.1 Å². The highest BCUT2D eigenvalue weighted by atomic mass is 16.6. The summed E-state index contributed by atoms with van der Waals surface area (Å²) in [5.41, 5.74) is 0.839. The largest absolute Gasteiger partial charge is 0.378 e. The summed E-state index contributed by atoms with van der Waals surface area (Å²) in [6.45, 7) is 2.92. The Bertz CT molecular complexity index is 532. The van der Waals surface area contributed by atoms with Crippen LogP contribution in [0.3, 0.4) is 0 Å². The van der Waals surface area contributed by atoms with Gasteiger partial charge in [-0.25, -0.2) is 4.68 Å². The summed E-state index contributed by atoms with van der Waals surface area (Å²) in [6, 6.07) is 0.401. The standard InChI is InChI=1S/C17H28N4O3/c1-22-9-13-8-21(20-19-13)15-11-24-16-14(10-23-17(15)16)18-7-12-5-3-2-4-6-12/h8,12,14-18H,2-7,9-11H2,1H3. The van der Waals surface area contributed by atoms with Crippen LogP contribution in [0.25, 0.3) is 0 Å². The fraction of sp³-hybridized carbons (Fsp3) is 0.882. The summed E-state index contributed by atoms with van der Waals surface area (Å²) in [5.74, 6) is 0.821. The van der Waals surface area contributed by atoms with Gasteiger partial charge in [0, 0.05) is 7.11 Å². The lowest BCUT2D eigenvalue weighted by Gasteiger charge is -2.25. The smallest absolute Gasteiger partial charge is 0.110 e. The summed E-state index contributed by atoms with van der Waals surface area (Å²) < 4.78 is 19.1. The first-order chi connectivity index (χ1) is 11.8. The van der Waals surface area contributed by atoms with Crippen molar-refractivity contribution in [1.29, 1.82) is 0 Å². The van der Waals surface area contributed by atoms with E-state index in [0.29, 0.717) is 19.3 Å². The molecule has 4 rings (SSSR count). The van der Waals surface area contributed by atoms with Gasteiger partial charge in [-0.3, -0.25) is 0 Å². The minimum atomic E-state index is 0.0611. The molecule has 0 amide bonds. The average molecular weight is 336 g/mol. The molecule has 0 aromatic carbocycles. The highest BCUT2D eigenvalue weighted by molar-refractivity contribution is 5.02. The first kappa shape index (κ1) is 16.4. The number of nitrogens with one attached hydrogen (secondary N) is 1. The fourth-order valence-electron chi connectivity index (χ4n) is 4.28. The third-order valence-electron chi connectivity index (χ3n) is 5.61. The Labute approximate surface area is 143 Å². The molecule has 0 radical (unpaired) electrons. The van der Waals surface area contributed by atoms with Gasteiger partial charge in [0.1, 0.15) is 23.9 Å². The van der Waals surface area contributed by atoms with Crippen molar-refractivity contribution in [3.63, 3.8) is 0 Å². The van der Waals surface area contributed by atoms with E-state index in [-0.39, 0.29) is 18.2 Å². The molecule has 1 N–H and O–H groups in total. The molecule has 1 aromatic heterocycles. The lowest BCUT2D eigenvalue weighted by molar-refractivity contribution is 0.0618. The summed E-state index contributed by atoms with van der Waals surface area (Å²) >= 11 is 0. The van der Waals surface area contributed by atoms with Gasteiger partial charge in [-0.1, -0.05) is 24.5 Å². The lowest BCUT2D eigenvalue weighted by atomic mass is 9.89. The number of ether oxygens (including phenoxy) is 3. The quantitative estimate of drug-likeness (QED) is 0.844. The van der Waals surface area contributed by atoms with Crippen LogP contribution in [0, 0.1) is 5.92 Å². The zero-order chi connectivity index (χ0) is 16.4. The van der Waals surface area contributed by atoms with E-state index in [1.165, 1.54) is 32.1 Å². The number of aromatic nitrogens is 3. The van der Waals surface area contributed by atoms with Crippen molar-refractivity contribution in [2.24, 2.45) is 5.92 Å². The number of hydrogen-bond acceptors (Lipinski definition) is 6. The van der Waals surface area contributed by atoms with Crippen molar-refractivity contribution in [3.05, 3.63) is 11.9 Å². The summed E-state index contributed by atoms with van der Waals surface area (Å²) in [7, 11) is 1.66. The van der Waals surface area contributed by atoms with Crippen LogP contribution in [0.15, 0.2) is 6.20 Å². The third kappa shape index (κ3) is 3.35. The number of methoxy groups -OCH3 is 1. The molecule has 3 heterocycles. The minimum Gasteiger partial charge on any atom is -0.378 e. The molecule has 0 bridgehead atoms. The molecule has 3 aliphatic rings. The molecule has 1 aliphatic carbocycles. The summed E-state index contributed by atoms with van der Waals surface area (Å²) in [6.07, 6.45) is 9.01. The van der Waals surface area contributed by atoms with Crippen molar-refractivity contribution in [1.82, 2.24) is 20.3 Å². The second kappa shape index (κ2) is 7.47. The maximum Gasteiger partial charge on any atom is 0.110 e. The molecule has 2 saturated heterocycles. The van der Waals surface area contributed by atoms with Crippen molar-refractivity contribution in [2.45, 2.75) is 63.0 Å². The van der Waals surface area contributed by atoms with Crippen LogP contribution in [0.4, 0.5) is 0 Å². The van der Waals surface area contributed by atoms with Gasteiger partial charge >= 0.3 is 0 Å². The van der Waals surface area contributed by atoms with Crippen molar-refractivity contribution >= 4 is 0 Å². The number of hydrogen-bond donors (Lipinski definition) is 1. The van der Waals surface area contributed by atoms with Crippen molar-refractivity contribution in [2.75, 3.05) is 26.9 Å². The zero-order valence-corrected chi connectivity index (χ0v) is 14.4. The second-order valence-corrected chi connectivity index (χ2v) is 7.30. The van der Waals surface area contributed by atoms with Gasteiger partial charge in [-0.05, 0) is 25.3 Å². The highest BCUT2D eigenvalue weighted by Crippen LogP contribution is 2.34. The monoisotopic (exact) mass is 336 g/mol. The van der Waals surface area contributed by atoms with Crippen LogP contribution in [0.2, 0.25) is 0 Å². The molecule has 0 spiro atoms. The van der Waals surface area contributed by atoms with E-state index in [1.54, 1.807) is 7.11 Å². The molecular formula is C17H28N4O3. The molecule has 3 fully saturated rings. The lowest BCUT2D eigenvalue weighted by Crippen LogP contribution is -2.43. The van der Waals surface area contributed by atoms with E-state index in [1.807, 2.05) is 10.9 Å². The molecule has 4 unspecified atom stereocenters. The molecule has 2 aliphatic heterocycles. The summed E-state index contributed by atoms with van der Waals surface area (Å²) in [5, 5.41) is 12.1. The molecule has 24 heavy (non-hydrogen) atoms. The molecule has 4 atom stereocenters. The predicted molar refractivity (Wildman–Crippen MR) is 87.6 cm³/mol. The Hall–Kier alpha value is -1.02. The van der Waals surface area contributed by atoms with Crippen molar-refractivity contribution in [3.8, 4) is 0 Å². The van der Waals surface area contributed by atoms with E-state index in [2.05, 4.69) is 15.6 Å². The molecule has 1 saturated carbocycles. The van der Waals surface area contributed by atoms with Gasteiger partial charge in [-0.2, -0.15) is 0 Å². The van der Waals surface area contributed by atoms with Gasteiger partial charge in [0.15, 0.2) is 0 Å². The molecule has 7 nitrogen and oxygen atoms in total. The Kier molecular flexibility index (Phi) is 5.12. The zero-order valence-electron chi connectivity index (χ0n) is 14.4. The predicted octanol–water partition coefficient (Wildman–Crippen LogP) is 1.30. The van der Waals surface area contributed by atoms with Gasteiger partial charge < -0.3 is 19.5 Å². The van der Waals surface area contributed by atoms with E-state index in [4.69, 9.17) is 14.2 Å². The molecular weight excluding hydrogens is 308 g/mol. The van der Waals surface area contributed by atoms with E-state index in [0.717, 1.165) is 24.8 Å². The normalized spacial score (nSPS) is 33.9. The Morgan fingerprint density at radius 2 is 2.04 bits per heavy atom.